The summed E-state index contributed by atoms with van der Waals surface area (Å²) in [5.74, 6) is 0. The minimum absolute atomic E-state index is 0.580. The first-order chi connectivity index (χ1) is 9.86. The zero-order valence-corrected chi connectivity index (χ0v) is 13.2. The molecule has 2 bridgehead atoms. The van der Waals surface area contributed by atoms with Gasteiger partial charge in [-0.2, -0.15) is 0 Å². The van der Waals surface area contributed by atoms with E-state index >= 15 is 0 Å². The molecule has 2 unspecified atom stereocenters. The quantitative estimate of drug-likeness (QED) is 0.776. The van der Waals surface area contributed by atoms with Gasteiger partial charge < -0.3 is 10.1 Å². The van der Waals surface area contributed by atoms with E-state index in [1.807, 2.05) is 0 Å². The molecular formula is C17H32N2O. The fraction of sp³-hybridized carbons (Fsp3) is 1.00. The molecule has 3 heteroatoms. The van der Waals surface area contributed by atoms with Crippen LogP contribution in [0.25, 0.3) is 0 Å². The predicted molar refractivity (Wildman–Crippen MR) is 83.0 cm³/mol. The summed E-state index contributed by atoms with van der Waals surface area (Å²) in [5.41, 5.74) is 0. The molecule has 0 radical (unpaired) electrons. The standard InChI is InChI=1S/C17H32N2O/c1-2-9-18-14-12-15-7-8-16(13-14)19(15)10-11-20-17-5-3-4-6-17/h14-18H,2-13H2,1H3. The van der Waals surface area contributed by atoms with E-state index in [1.54, 1.807) is 0 Å². The lowest BCUT2D eigenvalue weighted by atomic mass is 9.97. The Bertz CT molecular complexity index is 277. The van der Waals surface area contributed by atoms with Crippen molar-refractivity contribution in [1.29, 1.82) is 0 Å². The Labute approximate surface area is 124 Å². The van der Waals surface area contributed by atoms with Crippen molar-refractivity contribution < 1.29 is 4.74 Å². The van der Waals surface area contributed by atoms with E-state index in [0.717, 1.165) is 24.7 Å². The molecule has 3 fully saturated rings. The minimum Gasteiger partial charge on any atom is -0.377 e. The van der Waals surface area contributed by atoms with Crippen LogP contribution in [0.1, 0.15) is 64.7 Å². The number of hydrogen-bond donors (Lipinski definition) is 1. The van der Waals surface area contributed by atoms with Crippen LogP contribution in [0.3, 0.4) is 0 Å². The first-order valence-electron chi connectivity index (χ1n) is 8.97. The maximum absolute atomic E-state index is 6.06. The van der Waals surface area contributed by atoms with E-state index < -0.39 is 0 Å². The van der Waals surface area contributed by atoms with Gasteiger partial charge in [-0.05, 0) is 51.5 Å². The lowest BCUT2D eigenvalue weighted by Gasteiger charge is -2.39. The van der Waals surface area contributed by atoms with Gasteiger partial charge in [0.15, 0.2) is 0 Å². The highest BCUT2D eigenvalue weighted by atomic mass is 16.5. The first kappa shape index (κ1) is 14.8. The third kappa shape index (κ3) is 3.55. The molecule has 2 aliphatic heterocycles. The highest BCUT2D eigenvalue weighted by molar-refractivity contribution is 4.97. The van der Waals surface area contributed by atoms with Gasteiger partial charge in [0.05, 0.1) is 12.7 Å². The maximum Gasteiger partial charge on any atom is 0.0597 e. The smallest absolute Gasteiger partial charge is 0.0597 e. The third-order valence-electron chi connectivity index (χ3n) is 5.57. The monoisotopic (exact) mass is 280 g/mol. The van der Waals surface area contributed by atoms with Crippen molar-refractivity contribution in [2.24, 2.45) is 0 Å². The van der Waals surface area contributed by atoms with Gasteiger partial charge in [-0.1, -0.05) is 19.8 Å². The Morgan fingerprint density at radius 1 is 1.05 bits per heavy atom. The summed E-state index contributed by atoms with van der Waals surface area (Å²) >= 11 is 0. The summed E-state index contributed by atoms with van der Waals surface area (Å²) in [4.78, 5) is 2.76. The predicted octanol–water partition coefficient (Wildman–Crippen LogP) is 2.94. The average Bonchev–Trinajstić information content (AvgIpc) is 3.04. The molecule has 0 aromatic heterocycles. The fourth-order valence-electron chi connectivity index (χ4n) is 4.53. The number of fused-ring (bicyclic) bond motifs is 2. The molecule has 1 N–H and O–H groups in total. The number of hydrogen-bond acceptors (Lipinski definition) is 3. The number of ether oxygens (including phenoxy) is 1. The van der Waals surface area contributed by atoms with Gasteiger partial charge in [-0.15, -0.1) is 0 Å². The molecule has 3 aliphatic rings. The fourth-order valence-corrected chi connectivity index (χ4v) is 4.53. The molecule has 20 heavy (non-hydrogen) atoms. The van der Waals surface area contributed by atoms with E-state index in [1.165, 1.54) is 70.9 Å². The molecule has 2 atom stereocenters. The van der Waals surface area contributed by atoms with Gasteiger partial charge in [-0.3, -0.25) is 4.90 Å². The molecule has 116 valence electrons. The van der Waals surface area contributed by atoms with Gasteiger partial charge in [-0.25, -0.2) is 0 Å². The average molecular weight is 280 g/mol. The van der Waals surface area contributed by atoms with E-state index in [2.05, 4.69) is 17.1 Å². The summed E-state index contributed by atoms with van der Waals surface area (Å²) in [6.07, 6.45) is 12.7. The maximum atomic E-state index is 6.06. The molecule has 0 spiro atoms. The molecular weight excluding hydrogens is 248 g/mol. The molecule has 0 amide bonds. The van der Waals surface area contributed by atoms with Crippen molar-refractivity contribution in [1.82, 2.24) is 10.2 Å². The van der Waals surface area contributed by atoms with Crippen LogP contribution in [-0.4, -0.2) is 48.8 Å². The van der Waals surface area contributed by atoms with E-state index in [0.29, 0.717) is 6.10 Å². The van der Waals surface area contributed by atoms with Crippen molar-refractivity contribution in [2.45, 2.75) is 88.9 Å². The summed E-state index contributed by atoms with van der Waals surface area (Å²) in [6.45, 7) is 5.59. The lowest BCUT2D eigenvalue weighted by molar-refractivity contribution is 0.0204. The summed E-state index contributed by atoms with van der Waals surface area (Å²) in [7, 11) is 0. The van der Waals surface area contributed by atoms with Gasteiger partial charge >= 0.3 is 0 Å². The van der Waals surface area contributed by atoms with Crippen molar-refractivity contribution in [3.63, 3.8) is 0 Å². The Morgan fingerprint density at radius 2 is 1.75 bits per heavy atom. The van der Waals surface area contributed by atoms with E-state index in [-0.39, 0.29) is 0 Å². The largest absolute Gasteiger partial charge is 0.377 e. The minimum atomic E-state index is 0.580. The molecule has 2 heterocycles. The van der Waals surface area contributed by atoms with Crippen LogP contribution < -0.4 is 5.32 Å². The normalized spacial score (nSPS) is 35.0. The first-order valence-corrected chi connectivity index (χ1v) is 8.97. The highest BCUT2D eigenvalue weighted by Gasteiger charge is 2.40. The van der Waals surface area contributed by atoms with Crippen molar-refractivity contribution >= 4 is 0 Å². The lowest BCUT2D eigenvalue weighted by Crippen LogP contribution is -2.50. The number of piperidine rings is 1. The van der Waals surface area contributed by atoms with Gasteiger partial charge in [0.2, 0.25) is 0 Å². The molecule has 1 saturated carbocycles. The Balaban J connectivity index is 1.40. The van der Waals surface area contributed by atoms with Crippen molar-refractivity contribution in [3.8, 4) is 0 Å². The second-order valence-corrected chi connectivity index (χ2v) is 7.02. The van der Waals surface area contributed by atoms with Crippen LogP contribution in [0.15, 0.2) is 0 Å². The van der Waals surface area contributed by atoms with Crippen molar-refractivity contribution in [2.75, 3.05) is 19.7 Å². The van der Waals surface area contributed by atoms with E-state index in [4.69, 9.17) is 4.74 Å². The molecule has 0 aromatic rings. The van der Waals surface area contributed by atoms with Gasteiger partial charge in [0.25, 0.3) is 0 Å². The Morgan fingerprint density at radius 3 is 2.40 bits per heavy atom. The highest BCUT2D eigenvalue weighted by Crippen LogP contribution is 2.35. The van der Waals surface area contributed by atoms with Gasteiger partial charge in [0, 0.05) is 24.7 Å². The number of nitrogens with zero attached hydrogens (tertiary/aromatic N) is 1. The van der Waals surface area contributed by atoms with Gasteiger partial charge in [0.1, 0.15) is 0 Å². The number of nitrogens with one attached hydrogen (secondary N) is 1. The topological polar surface area (TPSA) is 24.5 Å². The Kier molecular flexibility index (Phi) is 5.36. The molecule has 3 nitrogen and oxygen atoms in total. The number of rotatable bonds is 7. The zero-order chi connectivity index (χ0) is 13.8. The van der Waals surface area contributed by atoms with Crippen molar-refractivity contribution in [3.05, 3.63) is 0 Å². The van der Waals surface area contributed by atoms with Crippen LogP contribution in [-0.2, 0) is 4.74 Å². The van der Waals surface area contributed by atoms with Crippen LogP contribution >= 0.6 is 0 Å². The third-order valence-corrected chi connectivity index (χ3v) is 5.57. The molecule has 2 saturated heterocycles. The second-order valence-electron chi connectivity index (χ2n) is 7.02. The summed E-state index contributed by atoms with van der Waals surface area (Å²) in [5, 5.41) is 3.74. The summed E-state index contributed by atoms with van der Waals surface area (Å²) < 4.78 is 6.06. The molecule has 1 aliphatic carbocycles. The van der Waals surface area contributed by atoms with Crippen LogP contribution in [0.2, 0.25) is 0 Å². The SMILES string of the molecule is CCCNC1CC2CCC(C1)N2CCOC1CCCC1. The summed E-state index contributed by atoms with van der Waals surface area (Å²) in [6, 6.07) is 2.44. The Hall–Kier alpha value is -0.120. The second kappa shape index (κ2) is 7.24. The molecule has 0 aromatic carbocycles. The van der Waals surface area contributed by atoms with E-state index in [9.17, 15) is 0 Å². The van der Waals surface area contributed by atoms with Crippen LogP contribution in [0.4, 0.5) is 0 Å². The van der Waals surface area contributed by atoms with Crippen LogP contribution in [0, 0.1) is 0 Å². The zero-order valence-electron chi connectivity index (χ0n) is 13.2. The molecule has 3 rings (SSSR count). The van der Waals surface area contributed by atoms with Crippen LogP contribution in [0.5, 0.6) is 0 Å².